The van der Waals surface area contributed by atoms with Gasteiger partial charge < -0.3 is 29.5 Å². The van der Waals surface area contributed by atoms with E-state index in [1.54, 1.807) is 41.1 Å². The van der Waals surface area contributed by atoms with Crippen molar-refractivity contribution >= 4 is 51.5 Å². The van der Waals surface area contributed by atoms with Gasteiger partial charge in [0, 0.05) is 56.3 Å². The van der Waals surface area contributed by atoms with Crippen molar-refractivity contribution in [3.05, 3.63) is 72.4 Å². The number of fused-ring (bicyclic) bond motifs is 6. The Hall–Kier alpha value is -5.01. The third-order valence-electron chi connectivity index (χ3n) is 7.46. The van der Waals surface area contributed by atoms with E-state index < -0.39 is 0 Å². The standard InChI is InChI=1S/C30H29ClN10O3/c1-38(2)8-3-4-27(42)40-11-10-39-15-20(40)16-43-25-14-23-28(37-30(25)39)29(34-17-32-23)36-19-5-6-24(22(31)12-19)44-21-7-9-41-26(13-21)33-18-35-41/h3-7,9,12-14,17-18,20H,8,10-11,15-16H2,1-2H3,(H,32,34,36)/b4-3+/t20-/m0/s1. The maximum Gasteiger partial charge on any atom is 0.246 e. The lowest BCUT2D eigenvalue weighted by Crippen LogP contribution is -2.56. The number of aromatic nitrogens is 6. The highest BCUT2D eigenvalue weighted by Gasteiger charge is 2.35. The minimum Gasteiger partial charge on any atom is -0.487 e. The molecule has 0 unspecified atom stereocenters. The number of likely N-dealkylation sites (N-methyl/N-ethyl adjacent to an activating group) is 1. The van der Waals surface area contributed by atoms with Crippen molar-refractivity contribution in [3.8, 4) is 17.2 Å². The van der Waals surface area contributed by atoms with E-state index in [0.29, 0.717) is 89.1 Å². The molecule has 224 valence electrons. The number of halogens is 1. The minimum atomic E-state index is -0.0950. The highest BCUT2D eigenvalue weighted by Crippen LogP contribution is 2.37. The molecule has 7 rings (SSSR count). The van der Waals surface area contributed by atoms with Gasteiger partial charge in [0.15, 0.2) is 23.0 Å². The van der Waals surface area contributed by atoms with E-state index in [9.17, 15) is 4.79 Å². The molecule has 2 bridgehead atoms. The van der Waals surface area contributed by atoms with Crippen molar-refractivity contribution in [3.63, 3.8) is 0 Å². The number of nitrogens with one attached hydrogen (secondary N) is 1. The Morgan fingerprint density at radius 1 is 1.16 bits per heavy atom. The lowest BCUT2D eigenvalue weighted by Gasteiger charge is -2.39. The number of rotatable bonds is 7. The zero-order valence-corrected chi connectivity index (χ0v) is 24.8. The summed E-state index contributed by atoms with van der Waals surface area (Å²) in [6.45, 7) is 2.92. The maximum absolute atomic E-state index is 12.9. The van der Waals surface area contributed by atoms with E-state index in [4.69, 9.17) is 26.1 Å². The molecule has 5 aromatic rings. The molecule has 1 amide bonds. The second-order valence-corrected chi connectivity index (χ2v) is 11.2. The molecule has 0 spiro atoms. The summed E-state index contributed by atoms with van der Waals surface area (Å²) in [4.78, 5) is 37.1. The molecule has 2 aliphatic rings. The Morgan fingerprint density at radius 3 is 2.93 bits per heavy atom. The van der Waals surface area contributed by atoms with Crippen LogP contribution in [0.5, 0.6) is 17.2 Å². The SMILES string of the molecule is CN(C)C/C=C/C(=O)N1CCN2C[C@H]1COc1cc3ncnc(Nc4ccc(Oc5ccn6ncnc6c5)c(Cl)c4)c3nc12. The number of anilines is 3. The maximum atomic E-state index is 12.9. The summed E-state index contributed by atoms with van der Waals surface area (Å²) in [5, 5.41) is 7.84. The number of piperazine rings is 1. The summed E-state index contributed by atoms with van der Waals surface area (Å²) in [6.07, 6.45) is 8.26. The summed E-state index contributed by atoms with van der Waals surface area (Å²) in [5.41, 5.74) is 2.60. The predicted octanol–water partition coefficient (Wildman–Crippen LogP) is 3.78. The van der Waals surface area contributed by atoms with Gasteiger partial charge in [-0.3, -0.25) is 4.79 Å². The van der Waals surface area contributed by atoms with Crippen molar-refractivity contribution in [1.82, 2.24) is 39.3 Å². The number of benzene rings is 1. The van der Waals surface area contributed by atoms with Crippen molar-refractivity contribution in [2.24, 2.45) is 0 Å². The normalized spacial score (nSPS) is 16.3. The molecule has 44 heavy (non-hydrogen) atoms. The van der Waals surface area contributed by atoms with Crippen LogP contribution in [-0.4, -0.2) is 98.2 Å². The highest BCUT2D eigenvalue weighted by atomic mass is 35.5. The van der Waals surface area contributed by atoms with Crippen LogP contribution in [0.2, 0.25) is 5.02 Å². The molecule has 0 aliphatic carbocycles. The van der Waals surface area contributed by atoms with Crippen molar-refractivity contribution in [1.29, 1.82) is 0 Å². The van der Waals surface area contributed by atoms with Crippen LogP contribution in [0.25, 0.3) is 16.7 Å². The average Bonchev–Trinajstić information content (AvgIpc) is 3.44. The van der Waals surface area contributed by atoms with Gasteiger partial charge in [0.2, 0.25) is 5.91 Å². The Labute approximate surface area is 257 Å². The highest BCUT2D eigenvalue weighted by molar-refractivity contribution is 6.32. The zero-order chi connectivity index (χ0) is 30.2. The van der Waals surface area contributed by atoms with Gasteiger partial charge in [-0.25, -0.2) is 24.5 Å². The van der Waals surface area contributed by atoms with Gasteiger partial charge in [0.25, 0.3) is 0 Å². The Kier molecular flexibility index (Phi) is 7.32. The van der Waals surface area contributed by atoms with Crippen LogP contribution in [0.1, 0.15) is 0 Å². The zero-order valence-electron chi connectivity index (χ0n) is 24.1. The van der Waals surface area contributed by atoms with Crippen molar-refractivity contribution in [2.75, 3.05) is 57.1 Å². The number of amides is 1. The van der Waals surface area contributed by atoms with Gasteiger partial charge in [0.1, 0.15) is 36.3 Å². The molecule has 0 saturated carbocycles. The quantitative estimate of drug-likeness (QED) is 0.270. The Balaban J connectivity index is 1.10. The van der Waals surface area contributed by atoms with Crippen LogP contribution in [0.15, 0.2) is 67.4 Å². The lowest BCUT2D eigenvalue weighted by molar-refractivity contribution is -0.129. The molecule has 1 atom stereocenters. The molecular formula is C30H29ClN10O3. The summed E-state index contributed by atoms with van der Waals surface area (Å²) >= 11 is 6.60. The molecule has 0 radical (unpaired) electrons. The topological polar surface area (TPSA) is 126 Å². The number of nitrogens with zero attached hydrogens (tertiary/aromatic N) is 9. The van der Waals surface area contributed by atoms with E-state index in [2.05, 4.69) is 30.3 Å². The molecule has 4 aromatic heterocycles. The van der Waals surface area contributed by atoms with Crippen molar-refractivity contribution in [2.45, 2.75) is 6.04 Å². The Morgan fingerprint density at radius 2 is 2.07 bits per heavy atom. The molecule has 1 aromatic carbocycles. The summed E-state index contributed by atoms with van der Waals surface area (Å²) in [5.74, 6) is 2.95. The fourth-order valence-electron chi connectivity index (χ4n) is 5.29. The molecule has 13 nitrogen and oxygen atoms in total. The van der Waals surface area contributed by atoms with Crippen LogP contribution in [0.4, 0.5) is 17.3 Å². The molecule has 1 saturated heterocycles. The first kappa shape index (κ1) is 27.8. The van der Waals surface area contributed by atoms with Gasteiger partial charge in [-0.2, -0.15) is 5.10 Å². The fourth-order valence-corrected chi connectivity index (χ4v) is 5.51. The summed E-state index contributed by atoms with van der Waals surface area (Å²) in [7, 11) is 3.94. The van der Waals surface area contributed by atoms with Crippen LogP contribution in [0, 0.1) is 0 Å². The van der Waals surface area contributed by atoms with E-state index in [0.717, 1.165) is 0 Å². The largest absolute Gasteiger partial charge is 0.487 e. The third kappa shape index (κ3) is 5.54. The number of ether oxygens (including phenoxy) is 2. The van der Waals surface area contributed by atoms with Crippen LogP contribution in [-0.2, 0) is 4.79 Å². The van der Waals surface area contributed by atoms with Crippen molar-refractivity contribution < 1.29 is 14.3 Å². The molecular weight excluding hydrogens is 584 g/mol. The number of hydrogen-bond donors (Lipinski definition) is 1. The first-order valence-corrected chi connectivity index (χ1v) is 14.5. The second-order valence-electron chi connectivity index (χ2n) is 10.8. The van der Waals surface area contributed by atoms with Crippen LogP contribution < -0.4 is 19.7 Å². The van der Waals surface area contributed by atoms with Gasteiger partial charge in [0.05, 0.1) is 16.6 Å². The van der Waals surface area contributed by atoms with Gasteiger partial charge in [-0.05, 0) is 38.4 Å². The minimum absolute atomic E-state index is 0.00648. The fraction of sp³-hybridized carbons (Fsp3) is 0.267. The average molecular weight is 613 g/mol. The number of hydrogen-bond acceptors (Lipinski definition) is 11. The first-order valence-electron chi connectivity index (χ1n) is 14.1. The molecule has 2 aliphatic heterocycles. The predicted molar refractivity (Wildman–Crippen MR) is 166 cm³/mol. The molecule has 1 fully saturated rings. The third-order valence-corrected chi connectivity index (χ3v) is 7.75. The lowest BCUT2D eigenvalue weighted by atomic mass is 10.1. The van der Waals surface area contributed by atoms with E-state index >= 15 is 0 Å². The summed E-state index contributed by atoms with van der Waals surface area (Å²) in [6, 6.07) is 10.8. The second kappa shape index (κ2) is 11.6. The number of pyridine rings is 2. The summed E-state index contributed by atoms with van der Waals surface area (Å²) < 4.78 is 13.8. The van der Waals surface area contributed by atoms with E-state index in [1.165, 1.54) is 12.7 Å². The van der Waals surface area contributed by atoms with Gasteiger partial charge >= 0.3 is 0 Å². The number of carbonyl (C=O) groups excluding carboxylic acids is 1. The van der Waals surface area contributed by atoms with E-state index in [-0.39, 0.29) is 11.9 Å². The molecule has 1 N–H and O–H groups in total. The smallest absolute Gasteiger partial charge is 0.246 e. The van der Waals surface area contributed by atoms with Crippen LogP contribution in [0.3, 0.4) is 0 Å². The van der Waals surface area contributed by atoms with Gasteiger partial charge in [-0.15, -0.1) is 0 Å². The van der Waals surface area contributed by atoms with Crippen LogP contribution >= 0.6 is 11.6 Å². The number of carbonyl (C=O) groups is 1. The van der Waals surface area contributed by atoms with Gasteiger partial charge in [-0.1, -0.05) is 17.7 Å². The van der Waals surface area contributed by atoms with E-state index in [1.807, 2.05) is 42.1 Å². The monoisotopic (exact) mass is 612 g/mol. The molecule has 6 heterocycles. The first-order chi connectivity index (χ1) is 21.4. The Bertz CT molecular complexity index is 1890. The molecule has 14 heteroatoms.